The highest BCUT2D eigenvalue weighted by Gasteiger charge is 2.15. The summed E-state index contributed by atoms with van der Waals surface area (Å²) in [6.07, 6.45) is 0. The Hall–Kier alpha value is -1.59. The molecular formula is C15H13BrClFN2O. The summed E-state index contributed by atoms with van der Waals surface area (Å²) in [5.41, 5.74) is 1.02. The van der Waals surface area contributed by atoms with E-state index >= 15 is 0 Å². The van der Waals surface area contributed by atoms with Crippen molar-refractivity contribution in [2.75, 3.05) is 17.2 Å². The molecule has 0 saturated heterocycles. The number of benzene rings is 2. The van der Waals surface area contributed by atoms with E-state index in [1.165, 1.54) is 12.1 Å². The summed E-state index contributed by atoms with van der Waals surface area (Å²) in [7, 11) is 0. The SMILES string of the molecule is CCNc1c(F)cccc1C(=O)Nc1ccc(Cl)c(Br)c1. The summed E-state index contributed by atoms with van der Waals surface area (Å²) in [6, 6.07) is 9.42. The van der Waals surface area contributed by atoms with Gasteiger partial charge in [-0.05, 0) is 53.2 Å². The Bertz CT molecular complexity index is 679. The van der Waals surface area contributed by atoms with Gasteiger partial charge in [-0.25, -0.2) is 4.39 Å². The molecule has 1 amide bonds. The van der Waals surface area contributed by atoms with Gasteiger partial charge in [0.2, 0.25) is 0 Å². The minimum Gasteiger partial charge on any atom is -0.382 e. The smallest absolute Gasteiger partial charge is 0.257 e. The molecule has 110 valence electrons. The number of para-hydroxylation sites is 1. The number of carbonyl (C=O) groups excluding carboxylic acids is 1. The van der Waals surface area contributed by atoms with Crippen molar-refractivity contribution in [3.8, 4) is 0 Å². The lowest BCUT2D eigenvalue weighted by atomic mass is 10.1. The molecule has 0 aliphatic rings. The second-order valence-electron chi connectivity index (χ2n) is 4.28. The molecular weight excluding hydrogens is 359 g/mol. The van der Waals surface area contributed by atoms with Gasteiger partial charge < -0.3 is 10.6 Å². The van der Waals surface area contributed by atoms with Gasteiger partial charge in [0.15, 0.2) is 0 Å². The van der Waals surface area contributed by atoms with Crippen LogP contribution in [0.15, 0.2) is 40.9 Å². The van der Waals surface area contributed by atoms with Gasteiger partial charge in [-0.3, -0.25) is 4.79 Å². The predicted molar refractivity (Wildman–Crippen MR) is 87.7 cm³/mol. The molecule has 21 heavy (non-hydrogen) atoms. The predicted octanol–water partition coefficient (Wildman–Crippen LogP) is 4.93. The molecule has 2 N–H and O–H groups in total. The Balaban J connectivity index is 2.28. The fraction of sp³-hybridized carbons (Fsp3) is 0.133. The van der Waals surface area contributed by atoms with Gasteiger partial charge in [-0.15, -0.1) is 0 Å². The van der Waals surface area contributed by atoms with E-state index in [2.05, 4.69) is 26.6 Å². The molecule has 0 aliphatic carbocycles. The molecule has 2 aromatic rings. The number of anilines is 2. The molecule has 0 bridgehead atoms. The molecule has 2 aromatic carbocycles. The maximum Gasteiger partial charge on any atom is 0.257 e. The topological polar surface area (TPSA) is 41.1 Å². The van der Waals surface area contributed by atoms with Crippen molar-refractivity contribution >= 4 is 44.8 Å². The quantitative estimate of drug-likeness (QED) is 0.800. The number of halogens is 3. The Morgan fingerprint density at radius 3 is 2.76 bits per heavy atom. The van der Waals surface area contributed by atoms with Crippen LogP contribution in [0.5, 0.6) is 0 Å². The molecule has 0 aliphatic heterocycles. The summed E-state index contributed by atoms with van der Waals surface area (Å²) in [4.78, 5) is 12.3. The standard InChI is InChI=1S/C15H13BrClFN2O/c1-2-19-14-10(4-3-5-13(14)18)15(21)20-9-6-7-12(17)11(16)8-9/h3-8,19H,2H2,1H3,(H,20,21). The van der Waals surface area contributed by atoms with Crippen LogP contribution in [0.4, 0.5) is 15.8 Å². The summed E-state index contributed by atoms with van der Waals surface area (Å²) in [6.45, 7) is 2.36. The van der Waals surface area contributed by atoms with Crippen molar-refractivity contribution in [1.82, 2.24) is 0 Å². The van der Waals surface area contributed by atoms with Gasteiger partial charge in [0, 0.05) is 16.7 Å². The van der Waals surface area contributed by atoms with Crippen molar-refractivity contribution in [3.05, 3.63) is 57.3 Å². The van der Waals surface area contributed by atoms with Gasteiger partial charge >= 0.3 is 0 Å². The molecule has 3 nitrogen and oxygen atoms in total. The fourth-order valence-electron chi connectivity index (χ4n) is 1.84. The van der Waals surface area contributed by atoms with Crippen molar-refractivity contribution in [2.45, 2.75) is 6.92 Å². The number of amides is 1. The van der Waals surface area contributed by atoms with E-state index in [4.69, 9.17) is 11.6 Å². The third kappa shape index (κ3) is 3.74. The van der Waals surface area contributed by atoms with E-state index in [1.807, 2.05) is 6.92 Å². The molecule has 6 heteroatoms. The maximum atomic E-state index is 13.8. The average molecular weight is 372 g/mol. The fourth-order valence-corrected chi connectivity index (χ4v) is 2.34. The number of hydrogen-bond donors (Lipinski definition) is 2. The van der Waals surface area contributed by atoms with E-state index in [9.17, 15) is 9.18 Å². The highest BCUT2D eigenvalue weighted by atomic mass is 79.9. The number of nitrogens with one attached hydrogen (secondary N) is 2. The van der Waals surface area contributed by atoms with Gasteiger partial charge in [-0.2, -0.15) is 0 Å². The lowest BCUT2D eigenvalue weighted by Gasteiger charge is -2.12. The lowest BCUT2D eigenvalue weighted by molar-refractivity contribution is 0.102. The average Bonchev–Trinajstić information content (AvgIpc) is 2.45. The van der Waals surface area contributed by atoms with Gasteiger partial charge in [0.25, 0.3) is 5.91 Å². The minimum absolute atomic E-state index is 0.200. The van der Waals surface area contributed by atoms with Crippen LogP contribution in [-0.2, 0) is 0 Å². The van der Waals surface area contributed by atoms with Crippen LogP contribution in [0, 0.1) is 5.82 Å². The molecule has 0 radical (unpaired) electrons. The van der Waals surface area contributed by atoms with Gasteiger partial charge in [0.1, 0.15) is 5.82 Å². The summed E-state index contributed by atoms with van der Waals surface area (Å²) >= 11 is 9.19. The summed E-state index contributed by atoms with van der Waals surface area (Å²) in [5.74, 6) is -0.846. The molecule has 0 unspecified atom stereocenters. The third-order valence-corrected chi connectivity index (χ3v) is 4.00. The number of rotatable bonds is 4. The molecule has 0 atom stereocenters. The van der Waals surface area contributed by atoms with Crippen molar-refractivity contribution in [3.63, 3.8) is 0 Å². The maximum absolute atomic E-state index is 13.8. The second-order valence-corrected chi connectivity index (χ2v) is 5.54. The van der Waals surface area contributed by atoms with Crippen LogP contribution >= 0.6 is 27.5 Å². The van der Waals surface area contributed by atoms with Crippen LogP contribution in [-0.4, -0.2) is 12.5 Å². The zero-order chi connectivity index (χ0) is 15.4. The molecule has 0 aromatic heterocycles. The van der Waals surface area contributed by atoms with E-state index in [0.717, 1.165) is 0 Å². The monoisotopic (exact) mass is 370 g/mol. The number of hydrogen-bond acceptors (Lipinski definition) is 2. The Morgan fingerprint density at radius 2 is 2.10 bits per heavy atom. The zero-order valence-corrected chi connectivity index (χ0v) is 13.6. The van der Waals surface area contributed by atoms with E-state index in [-0.39, 0.29) is 17.2 Å². The summed E-state index contributed by atoms with van der Waals surface area (Å²) < 4.78 is 14.5. The number of carbonyl (C=O) groups is 1. The minimum atomic E-state index is -0.457. The first-order chi connectivity index (χ1) is 10.0. The first-order valence-corrected chi connectivity index (χ1v) is 7.48. The van der Waals surface area contributed by atoms with E-state index in [0.29, 0.717) is 21.7 Å². The van der Waals surface area contributed by atoms with Crippen LogP contribution in [0.1, 0.15) is 17.3 Å². The Kier molecular flexibility index (Phi) is 5.20. The molecule has 2 rings (SSSR count). The molecule has 0 spiro atoms. The first kappa shape index (κ1) is 15.8. The van der Waals surface area contributed by atoms with Crippen LogP contribution in [0.2, 0.25) is 5.02 Å². The molecule has 0 heterocycles. The first-order valence-electron chi connectivity index (χ1n) is 6.31. The molecule has 0 saturated carbocycles. The third-order valence-electron chi connectivity index (χ3n) is 2.79. The Labute approximate surface area is 135 Å². The zero-order valence-electron chi connectivity index (χ0n) is 11.2. The van der Waals surface area contributed by atoms with Crippen molar-refractivity contribution in [1.29, 1.82) is 0 Å². The van der Waals surface area contributed by atoms with E-state index in [1.54, 1.807) is 24.3 Å². The highest BCUT2D eigenvalue weighted by molar-refractivity contribution is 9.10. The van der Waals surface area contributed by atoms with E-state index < -0.39 is 5.82 Å². The van der Waals surface area contributed by atoms with Crippen molar-refractivity contribution < 1.29 is 9.18 Å². The van der Waals surface area contributed by atoms with Crippen molar-refractivity contribution in [2.24, 2.45) is 0 Å². The summed E-state index contributed by atoms with van der Waals surface area (Å²) in [5, 5.41) is 6.13. The normalized spacial score (nSPS) is 10.3. The van der Waals surface area contributed by atoms with Gasteiger partial charge in [0.05, 0.1) is 16.3 Å². The Morgan fingerprint density at radius 1 is 1.33 bits per heavy atom. The van der Waals surface area contributed by atoms with Gasteiger partial charge in [-0.1, -0.05) is 17.7 Å². The van der Waals surface area contributed by atoms with Crippen LogP contribution in [0.25, 0.3) is 0 Å². The largest absolute Gasteiger partial charge is 0.382 e. The van der Waals surface area contributed by atoms with Crippen LogP contribution < -0.4 is 10.6 Å². The lowest BCUT2D eigenvalue weighted by Crippen LogP contribution is -2.15. The second kappa shape index (κ2) is 6.91. The molecule has 0 fully saturated rings. The highest BCUT2D eigenvalue weighted by Crippen LogP contribution is 2.26. The van der Waals surface area contributed by atoms with Crippen LogP contribution in [0.3, 0.4) is 0 Å².